The molecule has 0 spiro atoms. The number of amides is 1. The molecule has 0 saturated carbocycles. The van der Waals surface area contributed by atoms with E-state index in [-0.39, 0.29) is 23.5 Å². The van der Waals surface area contributed by atoms with E-state index >= 15 is 0 Å². The lowest BCUT2D eigenvalue weighted by molar-refractivity contribution is -0.131. The molecule has 0 aromatic heterocycles. The van der Waals surface area contributed by atoms with Gasteiger partial charge in [-0.2, -0.15) is 5.26 Å². The van der Waals surface area contributed by atoms with Crippen molar-refractivity contribution in [1.82, 2.24) is 0 Å². The van der Waals surface area contributed by atoms with Gasteiger partial charge < -0.3 is 15.3 Å². The monoisotopic (exact) mass is 385 g/mol. The summed E-state index contributed by atoms with van der Waals surface area (Å²) in [6.45, 7) is 1.14. The van der Waals surface area contributed by atoms with Crippen LogP contribution >= 0.6 is 0 Å². The molecule has 0 saturated heterocycles. The third-order valence-electron chi connectivity index (χ3n) is 4.91. The van der Waals surface area contributed by atoms with E-state index in [9.17, 15) is 18.7 Å². The number of aliphatic hydroxyl groups is 1. The number of benzene rings is 2. The van der Waals surface area contributed by atoms with Gasteiger partial charge >= 0.3 is 0 Å². The van der Waals surface area contributed by atoms with Crippen LogP contribution in [0.5, 0.6) is 0 Å². The number of halogens is 2. The third-order valence-corrected chi connectivity index (χ3v) is 4.91. The number of hydrogen-bond donors (Lipinski definition) is 2. The standard InChI is InChI=1S/C21H21F2N3O2/c1-21(28,13-26-9-3-4-17-18(23)5-2-6-19(17)26)20(27)25-16-8-7-14(12-24)15(10-16)11-22/h2,5-8,10,28H,3-4,9,11,13H2,1H3,(H,25,27)/t21-/m0/s1. The van der Waals surface area contributed by atoms with Gasteiger partial charge in [-0.25, -0.2) is 8.78 Å². The molecule has 5 nitrogen and oxygen atoms in total. The summed E-state index contributed by atoms with van der Waals surface area (Å²) in [6.07, 6.45) is 1.34. The lowest BCUT2D eigenvalue weighted by Crippen LogP contribution is -2.50. The van der Waals surface area contributed by atoms with Gasteiger partial charge in [0.15, 0.2) is 5.60 Å². The highest BCUT2D eigenvalue weighted by Crippen LogP contribution is 2.30. The van der Waals surface area contributed by atoms with Crippen molar-refractivity contribution in [3.63, 3.8) is 0 Å². The maximum absolute atomic E-state index is 14.0. The first-order chi connectivity index (χ1) is 13.4. The molecule has 1 aliphatic rings. The molecule has 2 N–H and O–H groups in total. The molecular formula is C21H21F2N3O2. The minimum Gasteiger partial charge on any atom is -0.378 e. The Morgan fingerprint density at radius 2 is 2.18 bits per heavy atom. The van der Waals surface area contributed by atoms with Crippen LogP contribution in [-0.4, -0.2) is 29.7 Å². The molecule has 3 rings (SSSR count). The number of β-amino-alcohol motifs (C(OH)–C–C–N with tert-alkyl or cyclic N) is 1. The highest BCUT2D eigenvalue weighted by Gasteiger charge is 2.34. The number of nitrogens with zero attached hydrogens (tertiary/aromatic N) is 2. The van der Waals surface area contributed by atoms with Crippen LogP contribution in [0.2, 0.25) is 0 Å². The van der Waals surface area contributed by atoms with Gasteiger partial charge in [-0.3, -0.25) is 4.79 Å². The summed E-state index contributed by atoms with van der Waals surface area (Å²) in [4.78, 5) is 14.4. The number of hydrogen-bond acceptors (Lipinski definition) is 4. The smallest absolute Gasteiger partial charge is 0.257 e. The van der Waals surface area contributed by atoms with E-state index < -0.39 is 18.2 Å². The Hall–Kier alpha value is -2.98. The Kier molecular flexibility index (Phi) is 5.61. The molecule has 2 aromatic carbocycles. The Balaban J connectivity index is 1.76. The molecule has 1 heterocycles. The van der Waals surface area contributed by atoms with E-state index in [4.69, 9.17) is 5.26 Å². The molecule has 0 bridgehead atoms. The molecule has 28 heavy (non-hydrogen) atoms. The first-order valence-electron chi connectivity index (χ1n) is 9.01. The molecule has 1 atom stereocenters. The van der Waals surface area contributed by atoms with Gasteiger partial charge in [0.25, 0.3) is 5.91 Å². The zero-order valence-corrected chi connectivity index (χ0v) is 15.5. The average Bonchev–Trinajstić information content (AvgIpc) is 2.68. The van der Waals surface area contributed by atoms with Crippen molar-refractivity contribution in [2.45, 2.75) is 32.0 Å². The Labute approximate surface area is 162 Å². The van der Waals surface area contributed by atoms with Gasteiger partial charge in [0, 0.05) is 29.0 Å². The highest BCUT2D eigenvalue weighted by atomic mass is 19.1. The molecule has 1 amide bonds. The fourth-order valence-corrected chi connectivity index (χ4v) is 3.42. The predicted molar refractivity (Wildman–Crippen MR) is 102 cm³/mol. The number of carbonyl (C=O) groups is 1. The molecule has 0 aliphatic carbocycles. The van der Waals surface area contributed by atoms with Crippen molar-refractivity contribution >= 4 is 17.3 Å². The van der Waals surface area contributed by atoms with E-state index in [0.717, 1.165) is 6.42 Å². The minimum atomic E-state index is -1.76. The number of anilines is 2. The van der Waals surface area contributed by atoms with E-state index in [1.54, 1.807) is 17.0 Å². The summed E-state index contributed by atoms with van der Waals surface area (Å²) in [5.74, 6) is -0.951. The number of alkyl halides is 1. The maximum Gasteiger partial charge on any atom is 0.257 e. The van der Waals surface area contributed by atoms with Gasteiger partial charge in [0.2, 0.25) is 0 Å². The second-order valence-corrected chi connectivity index (χ2v) is 7.11. The number of nitriles is 1. The molecule has 1 aliphatic heterocycles. The summed E-state index contributed by atoms with van der Waals surface area (Å²) in [6, 6.07) is 11.0. The number of rotatable bonds is 5. The Morgan fingerprint density at radius 1 is 1.39 bits per heavy atom. The largest absolute Gasteiger partial charge is 0.378 e. The van der Waals surface area contributed by atoms with Gasteiger partial charge in [-0.15, -0.1) is 0 Å². The minimum absolute atomic E-state index is 0.0124. The van der Waals surface area contributed by atoms with E-state index in [0.29, 0.717) is 29.9 Å². The van der Waals surface area contributed by atoms with Gasteiger partial charge in [-0.1, -0.05) is 6.07 Å². The molecular weight excluding hydrogens is 364 g/mol. The van der Waals surface area contributed by atoms with Crippen LogP contribution in [0.25, 0.3) is 0 Å². The lowest BCUT2D eigenvalue weighted by atomic mass is 9.97. The van der Waals surface area contributed by atoms with E-state index in [1.165, 1.54) is 31.2 Å². The van der Waals surface area contributed by atoms with Crippen molar-refractivity contribution in [3.05, 3.63) is 58.9 Å². The second kappa shape index (κ2) is 7.95. The topological polar surface area (TPSA) is 76.4 Å². The van der Waals surface area contributed by atoms with Crippen molar-refractivity contribution in [3.8, 4) is 6.07 Å². The van der Waals surface area contributed by atoms with Crippen LogP contribution < -0.4 is 10.2 Å². The van der Waals surface area contributed by atoms with Gasteiger partial charge in [-0.05, 0) is 50.1 Å². The summed E-state index contributed by atoms with van der Waals surface area (Å²) < 4.78 is 27.1. The average molecular weight is 385 g/mol. The molecule has 0 fully saturated rings. The molecule has 146 valence electrons. The lowest BCUT2D eigenvalue weighted by Gasteiger charge is -2.36. The van der Waals surface area contributed by atoms with Crippen LogP contribution in [0.1, 0.15) is 30.0 Å². The Morgan fingerprint density at radius 3 is 2.89 bits per heavy atom. The fourth-order valence-electron chi connectivity index (χ4n) is 3.42. The molecule has 0 radical (unpaired) electrons. The van der Waals surface area contributed by atoms with Crippen molar-refractivity contribution < 1.29 is 18.7 Å². The quantitative estimate of drug-likeness (QED) is 0.828. The summed E-state index contributed by atoms with van der Waals surface area (Å²) >= 11 is 0. The normalized spacial score (nSPS) is 15.3. The maximum atomic E-state index is 14.0. The van der Waals surface area contributed by atoms with E-state index in [2.05, 4.69) is 5.32 Å². The van der Waals surface area contributed by atoms with Crippen LogP contribution in [0.3, 0.4) is 0 Å². The van der Waals surface area contributed by atoms with E-state index in [1.807, 2.05) is 6.07 Å². The first kappa shape index (κ1) is 19.8. The SMILES string of the molecule is C[C@](O)(CN1CCCc2c(F)cccc21)C(=O)Nc1ccc(C#N)c(CF)c1. The third kappa shape index (κ3) is 3.97. The fraction of sp³-hybridized carbons (Fsp3) is 0.333. The zero-order chi connectivity index (χ0) is 20.3. The Bertz CT molecular complexity index is 938. The summed E-state index contributed by atoms with van der Waals surface area (Å²) in [5, 5.41) is 22.3. The predicted octanol–water partition coefficient (Wildman–Crippen LogP) is 3.31. The molecule has 0 unspecified atom stereocenters. The highest BCUT2D eigenvalue weighted by molar-refractivity contribution is 5.97. The van der Waals surface area contributed by atoms with Gasteiger partial charge in [0.05, 0.1) is 18.2 Å². The van der Waals surface area contributed by atoms with Crippen LogP contribution in [-0.2, 0) is 17.9 Å². The van der Waals surface area contributed by atoms with Crippen LogP contribution in [0.15, 0.2) is 36.4 Å². The van der Waals surface area contributed by atoms with Crippen molar-refractivity contribution in [2.75, 3.05) is 23.3 Å². The first-order valence-corrected chi connectivity index (χ1v) is 9.01. The summed E-state index contributed by atoms with van der Waals surface area (Å²) in [5.41, 5.74) is 0.161. The van der Waals surface area contributed by atoms with Crippen molar-refractivity contribution in [2.24, 2.45) is 0 Å². The number of nitrogens with one attached hydrogen (secondary N) is 1. The zero-order valence-electron chi connectivity index (χ0n) is 15.5. The number of carbonyl (C=O) groups excluding carboxylic acids is 1. The van der Waals surface area contributed by atoms with Crippen LogP contribution in [0, 0.1) is 17.1 Å². The summed E-state index contributed by atoms with van der Waals surface area (Å²) in [7, 11) is 0. The van der Waals surface area contributed by atoms with Crippen LogP contribution in [0.4, 0.5) is 20.2 Å². The van der Waals surface area contributed by atoms with Gasteiger partial charge in [0.1, 0.15) is 12.5 Å². The number of fused-ring (bicyclic) bond motifs is 1. The second-order valence-electron chi connectivity index (χ2n) is 7.11. The molecule has 7 heteroatoms. The molecule has 2 aromatic rings. The van der Waals surface area contributed by atoms with Crippen molar-refractivity contribution in [1.29, 1.82) is 5.26 Å².